The number of methoxy groups -OCH3 is 1. The molecule has 3 N–H and O–H groups in total. The zero-order valence-corrected chi connectivity index (χ0v) is 13.6. The number of carbonyl (C=O) groups is 2. The van der Waals surface area contributed by atoms with E-state index < -0.39 is 17.9 Å². The van der Waals surface area contributed by atoms with Gasteiger partial charge in [0, 0.05) is 17.0 Å². The van der Waals surface area contributed by atoms with Crippen molar-refractivity contribution in [3.63, 3.8) is 0 Å². The lowest BCUT2D eigenvalue weighted by Gasteiger charge is -2.29. The van der Waals surface area contributed by atoms with Crippen molar-refractivity contribution >= 4 is 23.5 Å². The van der Waals surface area contributed by atoms with E-state index in [9.17, 15) is 19.8 Å². The van der Waals surface area contributed by atoms with Gasteiger partial charge in [-0.3, -0.25) is 0 Å². The summed E-state index contributed by atoms with van der Waals surface area (Å²) in [4.78, 5) is 23.4. The second-order valence-corrected chi connectivity index (χ2v) is 5.52. The molecule has 6 nitrogen and oxygen atoms in total. The molecule has 0 amide bonds. The van der Waals surface area contributed by atoms with Crippen LogP contribution in [0, 0.1) is 0 Å². The van der Waals surface area contributed by atoms with Crippen molar-refractivity contribution in [2.24, 2.45) is 0 Å². The fourth-order valence-corrected chi connectivity index (χ4v) is 3.10. The summed E-state index contributed by atoms with van der Waals surface area (Å²) in [7, 11) is 1.40. The van der Waals surface area contributed by atoms with Crippen LogP contribution in [0.2, 0.25) is 5.02 Å². The van der Waals surface area contributed by atoms with E-state index in [1.165, 1.54) is 7.11 Å². The Morgan fingerprint density at radius 3 is 2.09 bits per heavy atom. The number of benzene rings is 1. The SMILES string of the molecule is COc1c(Cl)cccc1C1C(C(=O)O)=C(C)NC(C)=C1C(=O)O. The first-order valence-corrected chi connectivity index (χ1v) is 7.14. The highest BCUT2D eigenvalue weighted by Gasteiger charge is 2.38. The van der Waals surface area contributed by atoms with Gasteiger partial charge in [-0.1, -0.05) is 23.7 Å². The van der Waals surface area contributed by atoms with Gasteiger partial charge in [-0.2, -0.15) is 0 Å². The number of ether oxygens (including phenoxy) is 1. The number of hydrogen-bond acceptors (Lipinski definition) is 4. The van der Waals surface area contributed by atoms with Crippen molar-refractivity contribution in [1.29, 1.82) is 0 Å². The molecular formula is C16H16ClNO5. The third-order valence-corrected chi connectivity index (χ3v) is 4.03. The lowest BCUT2D eigenvalue weighted by molar-refractivity contribution is -0.133. The van der Waals surface area contributed by atoms with Crippen LogP contribution in [0.25, 0.3) is 0 Å². The summed E-state index contributed by atoms with van der Waals surface area (Å²) >= 11 is 6.11. The molecule has 1 aromatic rings. The summed E-state index contributed by atoms with van der Waals surface area (Å²) in [6.45, 7) is 3.19. The molecule has 0 bridgehead atoms. The van der Waals surface area contributed by atoms with E-state index in [1.807, 2.05) is 0 Å². The maximum Gasteiger partial charge on any atom is 0.334 e. The number of rotatable bonds is 4. The molecule has 0 aliphatic carbocycles. The molecule has 0 saturated carbocycles. The van der Waals surface area contributed by atoms with E-state index in [0.717, 1.165) is 0 Å². The molecule has 0 aromatic heterocycles. The molecule has 0 fully saturated rings. The Hall–Kier alpha value is -2.47. The highest BCUT2D eigenvalue weighted by Crippen LogP contribution is 2.44. The van der Waals surface area contributed by atoms with Crippen molar-refractivity contribution in [1.82, 2.24) is 5.32 Å². The number of carboxylic acids is 2. The second kappa shape index (κ2) is 6.34. The van der Waals surface area contributed by atoms with Crippen LogP contribution < -0.4 is 10.1 Å². The molecule has 1 aromatic carbocycles. The number of allylic oxidation sites excluding steroid dienone is 2. The van der Waals surface area contributed by atoms with Gasteiger partial charge in [-0.25, -0.2) is 9.59 Å². The van der Waals surface area contributed by atoms with Crippen LogP contribution in [-0.2, 0) is 9.59 Å². The van der Waals surface area contributed by atoms with Crippen molar-refractivity contribution in [2.45, 2.75) is 19.8 Å². The Kier molecular flexibility index (Phi) is 4.65. The van der Waals surface area contributed by atoms with Gasteiger partial charge >= 0.3 is 11.9 Å². The average molecular weight is 338 g/mol. The van der Waals surface area contributed by atoms with Gasteiger partial charge in [-0.05, 0) is 19.9 Å². The lowest BCUT2D eigenvalue weighted by atomic mass is 9.80. The first-order chi connectivity index (χ1) is 10.8. The zero-order valence-electron chi connectivity index (χ0n) is 12.8. The highest BCUT2D eigenvalue weighted by atomic mass is 35.5. The molecule has 0 saturated heterocycles. The van der Waals surface area contributed by atoms with Crippen LogP contribution >= 0.6 is 11.6 Å². The van der Waals surface area contributed by atoms with E-state index >= 15 is 0 Å². The topological polar surface area (TPSA) is 95.9 Å². The largest absolute Gasteiger partial charge is 0.495 e. The average Bonchev–Trinajstić information content (AvgIpc) is 2.45. The molecule has 122 valence electrons. The second-order valence-electron chi connectivity index (χ2n) is 5.11. The van der Waals surface area contributed by atoms with Crippen LogP contribution in [0.4, 0.5) is 0 Å². The molecular weight excluding hydrogens is 322 g/mol. The fourth-order valence-electron chi connectivity index (χ4n) is 2.84. The third kappa shape index (κ3) is 2.90. The Bertz CT molecular complexity index is 715. The molecule has 1 heterocycles. The molecule has 0 radical (unpaired) electrons. The number of para-hydroxylation sites is 1. The summed E-state index contributed by atoms with van der Waals surface area (Å²) in [5, 5.41) is 22.2. The predicted octanol–water partition coefficient (Wildman–Crippen LogP) is 2.75. The van der Waals surface area contributed by atoms with Crippen LogP contribution in [0.3, 0.4) is 0 Å². The first-order valence-electron chi connectivity index (χ1n) is 6.77. The van der Waals surface area contributed by atoms with Crippen LogP contribution in [0.5, 0.6) is 5.75 Å². The van der Waals surface area contributed by atoms with Crippen molar-refractivity contribution < 1.29 is 24.5 Å². The van der Waals surface area contributed by atoms with Gasteiger partial charge < -0.3 is 20.3 Å². The molecule has 1 aliphatic rings. The van der Waals surface area contributed by atoms with Gasteiger partial charge in [0.2, 0.25) is 0 Å². The normalized spacial score (nSPS) is 15.5. The summed E-state index contributed by atoms with van der Waals surface area (Å²) < 4.78 is 5.27. The van der Waals surface area contributed by atoms with Crippen molar-refractivity contribution in [2.75, 3.05) is 7.11 Å². The summed E-state index contributed by atoms with van der Waals surface area (Å²) in [5.41, 5.74) is 1.07. The summed E-state index contributed by atoms with van der Waals surface area (Å²) in [6, 6.07) is 4.85. The van der Waals surface area contributed by atoms with E-state index in [4.69, 9.17) is 16.3 Å². The number of dihydropyridines is 1. The Labute approximate surface area is 138 Å². The van der Waals surface area contributed by atoms with Crippen LogP contribution in [0.15, 0.2) is 40.7 Å². The Balaban J connectivity index is 2.80. The molecule has 23 heavy (non-hydrogen) atoms. The fraction of sp³-hybridized carbons (Fsp3) is 0.250. The smallest absolute Gasteiger partial charge is 0.334 e. The molecule has 1 aliphatic heterocycles. The van der Waals surface area contributed by atoms with E-state index in [1.54, 1.807) is 32.0 Å². The van der Waals surface area contributed by atoms with Crippen molar-refractivity contribution in [3.8, 4) is 5.75 Å². The highest BCUT2D eigenvalue weighted by molar-refractivity contribution is 6.32. The molecule has 7 heteroatoms. The number of nitrogens with one attached hydrogen (secondary N) is 1. The van der Waals surface area contributed by atoms with Crippen LogP contribution in [0.1, 0.15) is 25.3 Å². The maximum atomic E-state index is 11.7. The Morgan fingerprint density at radius 1 is 1.13 bits per heavy atom. The van der Waals surface area contributed by atoms with Gasteiger partial charge in [-0.15, -0.1) is 0 Å². The number of halogens is 1. The Morgan fingerprint density at radius 2 is 1.65 bits per heavy atom. The quantitative estimate of drug-likeness (QED) is 0.782. The van der Waals surface area contributed by atoms with Gasteiger partial charge in [0.25, 0.3) is 0 Å². The monoisotopic (exact) mass is 337 g/mol. The summed E-state index contributed by atoms with van der Waals surface area (Å²) in [5.74, 6) is -3.12. The molecule has 0 unspecified atom stereocenters. The van der Waals surface area contributed by atoms with E-state index in [-0.39, 0.29) is 21.9 Å². The number of hydrogen-bond donors (Lipinski definition) is 3. The maximum absolute atomic E-state index is 11.7. The number of aliphatic carboxylic acids is 2. The van der Waals surface area contributed by atoms with Gasteiger partial charge in [0.15, 0.2) is 0 Å². The molecule has 2 rings (SSSR count). The predicted molar refractivity (Wildman–Crippen MR) is 84.6 cm³/mol. The standard InChI is InChI=1S/C16H16ClNO5/c1-7-11(15(19)20)13(12(16(21)22)8(2)18-7)9-5-4-6-10(17)14(9)23-3/h4-6,13,18H,1-3H3,(H,19,20)(H,21,22). The lowest BCUT2D eigenvalue weighted by Crippen LogP contribution is -2.31. The van der Waals surface area contributed by atoms with Gasteiger partial charge in [0.1, 0.15) is 5.75 Å². The first kappa shape index (κ1) is 16.9. The van der Waals surface area contributed by atoms with Gasteiger partial charge in [0.05, 0.1) is 29.2 Å². The third-order valence-electron chi connectivity index (χ3n) is 3.73. The van der Waals surface area contributed by atoms with E-state index in [2.05, 4.69) is 5.32 Å². The summed E-state index contributed by atoms with van der Waals surface area (Å²) in [6.07, 6.45) is 0. The minimum atomic E-state index is -1.20. The molecule has 0 atom stereocenters. The van der Waals surface area contributed by atoms with Crippen molar-refractivity contribution in [3.05, 3.63) is 51.3 Å². The minimum absolute atomic E-state index is 0.0476. The minimum Gasteiger partial charge on any atom is -0.495 e. The molecule has 0 spiro atoms. The zero-order chi connectivity index (χ0) is 17.3. The van der Waals surface area contributed by atoms with Crippen LogP contribution in [-0.4, -0.2) is 29.3 Å². The number of carboxylic acid groups (broad SMARTS) is 2. The van der Waals surface area contributed by atoms with E-state index in [0.29, 0.717) is 17.0 Å².